The van der Waals surface area contributed by atoms with E-state index in [1.54, 1.807) is 4.31 Å². The molecule has 0 amide bonds. The molecule has 2 heterocycles. The lowest BCUT2D eigenvalue weighted by Crippen LogP contribution is -2.50. The molecule has 3 rings (SSSR count). The van der Waals surface area contributed by atoms with Gasteiger partial charge in [-0.15, -0.1) is 0 Å². The average Bonchev–Trinajstić information content (AvgIpc) is 3.03. The van der Waals surface area contributed by atoms with Gasteiger partial charge in [-0.1, -0.05) is 6.92 Å². The molecule has 1 aliphatic carbocycles. The first-order valence-corrected chi connectivity index (χ1v) is 8.95. The number of hydrogen-bond acceptors (Lipinski definition) is 3. The fourth-order valence-electron chi connectivity index (χ4n) is 3.62. The van der Waals surface area contributed by atoms with Crippen molar-refractivity contribution >= 4 is 10.0 Å². The topological polar surface area (TPSA) is 49.4 Å². The normalized spacial score (nSPS) is 36.2. The largest absolute Gasteiger partial charge is 0.311 e. The molecule has 4 nitrogen and oxygen atoms in total. The Kier molecular flexibility index (Phi) is 3.41. The van der Waals surface area contributed by atoms with Crippen LogP contribution in [-0.4, -0.2) is 43.1 Å². The molecule has 2 bridgehead atoms. The van der Waals surface area contributed by atoms with E-state index in [1.165, 1.54) is 12.8 Å². The fourth-order valence-corrected chi connectivity index (χ4v) is 5.76. The van der Waals surface area contributed by atoms with E-state index in [0.29, 0.717) is 30.3 Å². The van der Waals surface area contributed by atoms with Gasteiger partial charge in [-0.3, -0.25) is 0 Å². The molecule has 2 unspecified atom stereocenters. The van der Waals surface area contributed by atoms with Crippen LogP contribution in [0.15, 0.2) is 0 Å². The molecule has 0 aromatic carbocycles. The van der Waals surface area contributed by atoms with Gasteiger partial charge in [-0.05, 0) is 44.4 Å². The summed E-state index contributed by atoms with van der Waals surface area (Å²) in [7, 11) is -3.02. The van der Waals surface area contributed by atoms with Crippen molar-refractivity contribution in [3.05, 3.63) is 0 Å². The van der Waals surface area contributed by atoms with Crippen LogP contribution >= 0.6 is 0 Å². The molecule has 3 fully saturated rings. The van der Waals surface area contributed by atoms with Crippen LogP contribution in [-0.2, 0) is 10.0 Å². The van der Waals surface area contributed by atoms with Crippen LogP contribution in [0.25, 0.3) is 0 Å². The van der Waals surface area contributed by atoms with Crippen molar-refractivity contribution in [2.45, 2.75) is 63.6 Å². The number of fused-ring (bicyclic) bond motifs is 2. The molecule has 0 aromatic heterocycles. The summed E-state index contributed by atoms with van der Waals surface area (Å²) in [5.74, 6) is 0.836. The molecule has 0 spiro atoms. The molecular formula is C13H24N2O2S. The molecule has 104 valence electrons. The van der Waals surface area contributed by atoms with Crippen LogP contribution in [0.5, 0.6) is 0 Å². The summed E-state index contributed by atoms with van der Waals surface area (Å²) in [6.07, 6.45) is 6.67. The zero-order chi connectivity index (χ0) is 12.8. The minimum atomic E-state index is -3.02. The highest BCUT2D eigenvalue weighted by Gasteiger charge is 2.40. The Balaban J connectivity index is 1.71. The highest BCUT2D eigenvalue weighted by atomic mass is 32.2. The average molecular weight is 272 g/mol. The molecular weight excluding hydrogens is 248 g/mol. The Labute approximate surface area is 110 Å². The van der Waals surface area contributed by atoms with Crippen LogP contribution in [0.4, 0.5) is 0 Å². The highest BCUT2D eigenvalue weighted by Crippen LogP contribution is 2.34. The minimum Gasteiger partial charge on any atom is -0.311 e. The van der Waals surface area contributed by atoms with Crippen molar-refractivity contribution in [3.8, 4) is 0 Å². The Hall–Kier alpha value is -0.130. The van der Waals surface area contributed by atoms with Gasteiger partial charge >= 0.3 is 0 Å². The maximum absolute atomic E-state index is 12.5. The minimum absolute atomic E-state index is 0.248. The monoisotopic (exact) mass is 272 g/mol. The SMILES string of the molecule is CCN(C1CC2CCC(C1)N2)S(=O)(=O)CC1CC1. The number of rotatable bonds is 5. The first kappa shape index (κ1) is 12.9. The van der Waals surface area contributed by atoms with Crippen molar-refractivity contribution in [3.63, 3.8) is 0 Å². The lowest BCUT2D eigenvalue weighted by atomic mass is 10.00. The van der Waals surface area contributed by atoms with Crippen LogP contribution in [0.3, 0.4) is 0 Å². The summed E-state index contributed by atoms with van der Waals surface area (Å²) in [6.45, 7) is 2.62. The second-order valence-corrected chi connectivity index (χ2v) is 8.15. The van der Waals surface area contributed by atoms with Gasteiger partial charge in [0.25, 0.3) is 0 Å². The Morgan fingerprint density at radius 1 is 1.11 bits per heavy atom. The van der Waals surface area contributed by atoms with Gasteiger partial charge in [0.05, 0.1) is 5.75 Å². The fraction of sp³-hybridized carbons (Fsp3) is 1.00. The Morgan fingerprint density at radius 2 is 1.72 bits per heavy atom. The first-order chi connectivity index (χ1) is 8.58. The van der Waals surface area contributed by atoms with Gasteiger partial charge < -0.3 is 5.32 Å². The van der Waals surface area contributed by atoms with E-state index >= 15 is 0 Å². The summed E-state index contributed by atoms with van der Waals surface area (Å²) in [5.41, 5.74) is 0. The number of nitrogens with zero attached hydrogens (tertiary/aromatic N) is 1. The summed E-state index contributed by atoms with van der Waals surface area (Å²) in [4.78, 5) is 0. The predicted octanol–water partition coefficient (Wildman–Crippen LogP) is 1.33. The molecule has 0 aromatic rings. The maximum atomic E-state index is 12.5. The molecule has 0 radical (unpaired) electrons. The molecule has 2 atom stereocenters. The summed E-state index contributed by atoms with van der Waals surface area (Å²) >= 11 is 0. The predicted molar refractivity (Wildman–Crippen MR) is 71.9 cm³/mol. The van der Waals surface area contributed by atoms with Crippen LogP contribution < -0.4 is 5.32 Å². The molecule has 3 aliphatic rings. The maximum Gasteiger partial charge on any atom is 0.214 e. The number of sulfonamides is 1. The second-order valence-electron chi connectivity index (χ2n) is 6.19. The van der Waals surface area contributed by atoms with Gasteiger partial charge in [0.15, 0.2) is 0 Å². The number of piperidine rings is 1. The van der Waals surface area contributed by atoms with Gasteiger partial charge in [-0.2, -0.15) is 4.31 Å². The van der Waals surface area contributed by atoms with Gasteiger partial charge in [-0.25, -0.2) is 8.42 Å². The highest BCUT2D eigenvalue weighted by molar-refractivity contribution is 7.89. The van der Waals surface area contributed by atoms with Gasteiger partial charge in [0.2, 0.25) is 10.0 Å². The van der Waals surface area contributed by atoms with Crippen LogP contribution in [0.2, 0.25) is 0 Å². The van der Waals surface area contributed by atoms with E-state index in [1.807, 2.05) is 6.92 Å². The quantitative estimate of drug-likeness (QED) is 0.821. The third kappa shape index (κ3) is 2.58. The van der Waals surface area contributed by atoms with Crippen LogP contribution in [0, 0.1) is 5.92 Å². The van der Waals surface area contributed by atoms with E-state index in [2.05, 4.69) is 5.32 Å². The van der Waals surface area contributed by atoms with E-state index in [-0.39, 0.29) is 6.04 Å². The smallest absolute Gasteiger partial charge is 0.214 e. The van der Waals surface area contributed by atoms with Crippen molar-refractivity contribution in [2.75, 3.05) is 12.3 Å². The van der Waals surface area contributed by atoms with Crippen molar-refractivity contribution in [2.24, 2.45) is 5.92 Å². The molecule has 2 saturated heterocycles. The van der Waals surface area contributed by atoms with Crippen molar-refractivity contribution in [1.29, 1.82) is 0 Å². The summed E-state index contributed by atoms with van der Waals surface area (Å²) in [5, 5.41) is 3.58. The summed E-state index contributed by atoms with van der Waals surface area (Å²) in [6, 6.07) is 1.36. The van der Waals surface area contributed by atoms with E-state index < -0.39 is 10.0 Å². The third-order valence-electron chi connectivity index (χ3n) is 4.67. The number of hydrogen-bond donors (Lipinski definition) is 1. The molecule has 2 aliphatic heterocycles. The summed E-state index contributed by atoms with van der Waals surface area (Å²) < 4.78 is 26.7. The van der Waals surface area contributed by atoms with E-state index in [9.17, 15) is 8.42 Å². The lowest BCUT2D eigenvalue weighted by molar-refractivity contribution is 0.232. The Bertz CT molecular complexity index is 393. The van der Waals surface area contributed by atoms with Crippen LogP contribution in [0.1, 0.15) is 45.4 Å². The first-order valence-electron chi connectivity index (χ1n) is 7.34. The molecule has 1 saturated carbocycles. The number of nitrogens with one attached hydrogen (secondary N) is 1. The van der Waals surface area contributed by atoms with Gasteiger partial charge in [0, 0.05) is 24.7 Å². The lowest BCUT2D eigenvalue weighted by Gasteiger charge is -2.36. The zero-order valence-corrected chi connectivity index (χ0v) is 12.0. The molecule has 1 N–H and O–H groups in total. The zero-order valence-electron chi connectivity index (χ0n) is 11.1. The van der Waals surface area contributed by atoms with Crippen molar-refractivity contribution in [1.82, 2.24) is 9.62 Å². The Morgan fingerprint density at radius 3 is 2.22 bits per heavy atom. The molecule has 18 heavy (non-hydrogen) atoms. The van der Waals surface area contributed by atoms with Crippen molar-refractivity contribution < 1.29 is 8.42 Å². The third-order valence-corrected chi connectivity index (χ3v) is 6.83. The molecule has 5 heteroatoms. The second kappa shape index (κ2) is 4.76. The van der Waals surface area contributed by atoms with Gasteiger partial charge in [0.1, 0.15) is 0 Å². The van der Waals surface area contributed by atoms with E-state index in [4.69, 9.17) is 0 Å². The van der Waals surface area contributed by atoms with E-state index in [0.717, 1.165) is 25.7 Å². The standard InChI is InChI=1S/C13H24N2O2S/c1-2-15(18(16,17)9-10-3-4-10)13-7-11-5-6-12(8-13)14-11/h10-14H,2-9H2,1H3.